The SMILES string of the molecule is CC1SCC(C(=O)O)N1C(=O)c1c[nH]c(=O)[nH]c1=O. The van der Waals surface area contributed by atoms with Gasteiger partial charge in [-0.15, -0.1) is 11.8 Å². The van der Waals surface area contributed by atoms with Gasteiger partial charge in [-0.2, -0.15) is 0 Å². The third kappa shape index (κ3) is 2.41. The van der Waals surface area contributed by atoms with Crippen molar-refractivity contribution in [2.75, 3.05) is 5.75 Å². The van der Waals surface area contributed by atoms with Crippen LogP contribution in [0.15, 0.2) is 15.8 Å². The number of aliphatic carboxylic acids is 1. The number of nitrogens with zero attached hydrogens (tertiary/aromatic N) is 1. The van der Waals surface area contributed by atoms with Crippen LogP contribution in [0.2, 0.25) is 0 Å². The third-order valence-corrected chi connectivity index (χ3v) is 4.01. The number of aromatic nitrogens is 2. The standard InChI is InChI=1S/C10H11N3O5S/c1-4-13(6(3-19-4)9(16)17)8(15)5-2-11-10(18)12-7(5)14/h2,4,6H,3H2,1H3,(H,16,17)(H2,11,12,14,18). The molecule has 1 aliphatic rings. The van der Waals surface area contributed by atoms with Gasteiger partial charge in [0.1, 0.15) is 11.6 Å². The summed E-state index contributed by atoms with van der Waals surface area (Å²) in [6, 6.07) is -0.973. The van der Waals surface area contributed by atoms with Crippen molar-refractivity contribution in [1.82, 2.24) is 14.9 Å². The number of thioether (sulfide) groups is 1. The predicted molar refractivity (Wildman–Crippen MR) is 67.2 cm³/mol. The molecule has 0 aromatic carbocycles. The Morgan fingerprint density at radius 2 is 2.16 bits per heavy atom. The first kappa shape index (κ1) is 13.4. The van der Waals surface area contributed by atoms with Crippen LogP contribution in [-0.4, -0.2) is 49.0 Å². The molecule has 3 N–H and O–H groups in total. The monoisotopic (exact) mass is 285 g/mol. The number of hydrogen-bond donors (Lipinski definition) is 3. The summed E-state index contributed by atoms with van der Waals surface area (Å²) in [6.45, 7) is 1.69. The largest absolute Gasteiger partial charge is 0.480 e. The zero-order valence-corrected chi connectivity index (χ0v) is 10.7. The molecule has 1 aliphatic heterocycles. The molecule has 0 bridgehead atoms. The van der Waals surface area contributed by atoms with E-state index in [9.17, 15) is 19.2 Å². The summed E-state index contributed by atoms with van der Waals surface area (Å²) in [7, 11) is 0. The van der Waals surface area contributed by atoms with Gasteiger partial charge < -0.3 is 15.0 Å². The van der Waals surface area contributed by atoms with Gasteiger partial charge in [0.15, 0.2) is 0 Å². The molecule has 0 spiro atoms. The lowest BCUT2D eigenvalue weighted by Crippen LogP contribution is -2.46. The van der Waals surface area contributed by atoms with E-state index in [4.69, 9.17) is 5.11 Å². The molecule has 1 aromatic heterocycles. The van der Waals surface area contributed by atoms with Crippen molar-refractivity contribution >= 4 is 23.6 Å². The summed E-state index contributed by atoms with van der Waals surface area (Å²) in [5.74, 6) is -1.56. The molecule has 8 nitrogen and oxygen atoms in total. The highest BCUT2D eigenvalue weighted by Gasteiger charge is 2.40. The second kappa shape index (κ2) is 4.92. The lowest BCUT2D eigenvalue weighted by molar-refractivity contribution is -0.141. The number of carbonyl (C=O) groups excluding carboxylic acids is 1. The molecule has 0 radical (unpaired) electrons. The van der Waals surface area contributed by atoms with Crippen LogP contribution < -0.4 is 11.2 Å². The number of amides is 1. The summed E-state index contributed by atoms with van der Waals surface area (Å²) in [5.41, 5.74) is -1.83. The molecule has 9 heteroatoms. The molecule has 1 fully saturated rings. The van der Waals surface area contributed by atoms with E-state index in [-0.39, 0.29) is 16.7 Å². The highest BCUT2D eigenvalue weighted by molar-refractivity contribution is 8.00. The van der Waals surface area contributed by atoms with Gasteiger partial charge in [-0.1, -0.05) is 0 Å². The van der Waals surface area contributed by atoms with Gasteiger partial charge in [0, 0.05) is 11.9 Å². The average molecular weight is 285 g/mol. The summed E-state index contributed by atoms with van der Waals surface area (Å²) in [6.07, 6.45) is 0.998. The highest BCUT2D eigenvalue weighted by atomic mass is 32.2. The number of hydrogen-bond acceptors (Lipinski definition) is 5. The predicted octanol–water partition coefficient (Wildman–Crippen LogP) is -0.949. The quantitative estimate of drug-likeness (QED) is 0.644. The maximum absolute atomic E-state index is 12.2. The van der Waals surface area contributed by atoms with E-state index < -0.39 is 29.2 Å². The normalized spacial score (nSPS) is 22.5. The number of H-pyrrole nitrogens is 2. The molecule has 1 amide bonds. The summed E-state index contributed by atoms with van der Waals surface area (Å²) >= 11 is 1.31. The first-order valence-corrected chi connectivity index (χ1v) is 6.45. The third-order valence-electron chi connectivity index (χ3n) is 2.79. The van der Waals surface area contributed by atoms with Crippen molar-refractivity contribution in [3.63, 3.8) is 0 Å². The zero-order valence-electron chi connectivity index (χ0n) is 9.87. The van der Waals surface area contributed by atoms with Gasteiger partial charge in [0.2, 0.25) is 0 Å². The van der Waals surface area contributed by atoms with Gasteiger partial charge in [-0.05, 0) is 6.92 Å². The first-order valence-electron chi connectivity index (χ1n) is 5.41. The lowest BCUT2D eigenvalue weighted by atomic mass is 10.2. The smallest absolute Gasteiger partial charge is 0.327 e. The van der Waals surface area contributed by atoms with Gasteiger partial charge in [0.25, 0.3) is 11.5 Å². The zero-order chi connectivity index (χ0) is 14.2. The fourth-order valence-corrected chi connectivity index (χ4v) is 3.02. The van der Waals surface area contributed by atoms with E-state index >= 15 is 0 Å². The molecule has 2 atom stereocenters. The Hall–Kier alpha value is -2.03. The van der Waals surface area contributed by atoms with Crippen LogP contribution in [0.1, 0.15) is 17.3 Å². The molecule has 19 heavy (non-hydrogen) atoms. The number of nitrogens with one attached hydrogen (secondary N) is 2. The topological polar surface area (TPSA) is 123 Å². The molecular weight excluding hydrogens is 274 g/mol. The highest BCUT2D eigenvalue weighted by Crippen LogP contribution is 2.29. The van der Waals surface area contributed by atoms with Crippen molar-refractivity contribution in [1.29, 1.82) is 0 Å². The van der Waals surface area contributed by atoms with Gasteiger partial charge in [0.05, 0.1) is 5.37 Å². The van der Waals surface area contributed by atoms with Crippen LogP contribution in [-0.2, 0) is 4.79 Å². The number of rotatable bonds is 2. The minimum Gasteiger partial charge on any atom is -0.480 e. The molecule has 2 unspecified atom stereocenters. The van der Waals surface area contributed by atoms with Crippen molar-refractivity contribution in [3.8, 4) is 0 Å². The molecule has 0 saturated carbocycles. The van der Waals surface area contributed by atoms with Crippen LogP contribution in [0.5, 0.6) is 0 Å². The van der Waals surface area contributed by atoms with Crippen LogP contribution >= 0.6 is 11.8 Å². The number of carboxylic acids is 1. The van der Waals surface area contributed by atoms with E-state index in [1.54, 1.807) is 6.92 Å². The maximum Gasteiger partial charge on any atom is 0.327 e. The Balaban J connectivity index is 2.40. The minimum absolute atomic E-state index is 0.267. The van der Waals surface area contributed by atoms with E-state index in [1.807, 2.05) is 4.98 Å². The average Bonchev–Trinajstić information content (AvgIpc) is 2.70. The van der Waals surface area contributed by atoms with Crippen LogP contribution in [0, 0.1) is 0 Å². The molecule has 0 aliphatic carbocycles. The Kier molecular flexibility index (Phi) is 3.47. The molecule has 102 valence electrons. The first-order chi connectivity index (χ1) is 8.91. The minimum atomic E-state index is -1.12. The lowest BCUT2D eigenvalue weighted by Gasteiger charge is -2.24. The Labute approximate surface area is 110 Å². The van der Waals surface area contributed by atoms with E-state index in [2.05, 4.69) is 4.98 Å². The second-order valence-corrected chi connectivity index (χ2v) is 5.33. The fourth-order valence-electron chi connectivity index (χ4n) is 1.85. The molecule has 2 rings (SSSR count). The Bertz CT molecular complexity index is 637. The van der Waals surface area contributed by atoms with E-state index in [0.29, 0.717) is 0 Å². The van der Waals surface area contributed by atoms with Gasteiger partial charge >= 0.3 is 11.7 Å². The van der Waals surface area contributed by atoms with E-state index in [1.165, 1.54) is 11.8 Å². The van der Waals surface area contributed by atoms with Crippen molar-refractivity contribution < 1.29 is 14.7 Å². The molecule has 1 aromatic rings. The van der Waals surface area contributed by atoms with Crippen molar-refractivity contribution in [2.24, 2.45) is 0 Å². The molecule has 1 saturated heterocycles. The summed E-state index contributed by atoms with van der Waals surface area (Å²) in [4.78, 5) is 51.0. The Morgan fingerprint density at radius 1 is 1.47 bits per heavy atom. The molecular formula is C10H11N3O5S. The number of aromatic amines is 2. The van der Waals surface area contributed by atoms with Crippen LogP contribution in [0.25, 0.3) is 0 Å². The number of carbonyl (C=O) groups is 2. The van der Waals surface area contributed by atoms with Gasteiger partial charge in [-0.25, -0.2) is 9.59 Å². The molecule has 2 heterocycles. The van der Waals surface area contributed by atoms with Crippen LogP contribution in [0.3, 0.4) is 0 Å². The van der Waals surface area contributed by atoms with Crippen molar-refractivity contribution in [3.05, 3.63) is 32.6 Å². The summed E-state index contributed by atoms with van der Waals surface area (Å²) in [5, 5.41) is 8.71. The maximum atomic E-state index is 12.2. The number of carboxylic acid groups (broad SMARTS) is 1. The second-order valence-electron chi connectivity index (χ2n) is 3.98. The summed E-state index contributed by atoms with van der Waals surface area (Å²) < 4.78 is 0. The Morgan fingerprint density at radius 3 is 2.74 bits per heavy atom. The van der Waals surface area contributed by atoms with Crippen LogP contribution in [0.4, 0.5) is 0 Å². The van der Waals surface area contributed by atoms with E-state index in [0.717, 1.165) is 11.1 Å². The fraction of sp³-hybridized carbons (Fsp3) is 0.400. The van der Waals surface area contributed by atoms with Crippen molar-refractivity contribution in [2.45, 2.75) is 18.3 Å². The van der Waals surface area contributed by atoms with Gasteiger partial charge in [-0.3, -0.25) is 14.6 Å².